The second kappa shape index (κ2) is 7.19. The Kier molecular flexibility index (Phi) is 5.34. The lowest BCUT2D eigenvalue weighted by molar-refractivity contribution is 0.00578. The molecule has 3 rings (SSSR count). The fourth-order valence-electron chi connectivity index (χ4n) is 3.33. The van der Waals surface area contributed by atoms with Gasteiger partial charge in [-0.3, -0.25) is 4.90 Å². The maximum Gasteiger partial charge on any atom is 0.498 e. The van der Waals surface area contributed by atoms with Gasteiger partial charge in [0.1, 0.15) is 0 Å². The van der Waals surface area contributed by atoms with Crippen LogP contribution in [-0.4, -0.2) is 65.4 Å². The Hall–Kier alpha value is -1.22. The Bertz CT molecular complexity index is 565. The molecular weight excluding hydrogens is 317 g/mol. The number of nitrogens with zero attached hydrogens (tertiary/aromatic N) is 3. The highest BCUT2D eigenvalue weighted by atomic mass is 16.7. The molecule has 1 aromatic rings. The van der Waals surface area contributed by atoms with Gasteiger partial charge in [0.15, 0.2) is 0 Å². The van der Waals surface area contributed by atoms with Crippen LogP contribution in [0.4, 0.5) is 5.95 Å². The summed E-state index contributed by atoms with van der Waals surface area (Å²) in [7, 11) is -0.422. The summed E-state index contributed by atoms with van der Waals surface area (Å²) in [5.41, 5.74) is 5.81. The normalized spacial score (nSPS) is 25.5. The number of aromatic nitrogens is 2. The van der Waals surface area contributed by atoms with Gasteiger partial charge in [-0.2, -0.15) is 0 Å². The van der Waals surface area contributed by atoms with Gasteiger partial charge in [-0.15, -0.1) is 0 Å². The molecule has 25 heavy (non-hydrogen) atoms. The van der Waals surface area contributed by atoms with Crippen molar-refractivity contribution in [3.05, 3.63) is 12.4 Å². The van der Waals surface area contributed by atoms with Crippen LogP contribution in [0.2, 0.25) is 0 Å². The van der Waals surface area contributed by atoms with Crippen LogP contribution in [0.3, 0.4) is 0 Å². The largest absolute Gasteiger partial charge is 0.498 e. The first kappa shape index (κ1) is 18.6. The Labute approximate surface area is 150 Å². The van der Waals surface area contributed by atoms with E-state index in [0.29, 0.717) is 18.5 Å². The molecule has 0 amide bonds. The molecule has 0 saturated carbocycles. The summed E-state index contributed by atoms with van der Waals surface area (Å²) < 4.78 is 12.1. The SMILES string of the molecule is CC1(C)OB(c2cnc(NC[C@@H]3CCCN3CCN)nc2)OC1(C)C. The van der Waals surface area contributed by atoms with Gasteiger partial charge in [-0.05, 0) is 47.1 Å². The molecule has 2 saturated heterocycles. The van der Waals surface area contributed by atoms with Gasteiger partial charge in [0.2, 0.25) is 5.95 Å². The van der Waals surface area contributed by atoms with Crippen LogP contribution in [0.5, 0.6) is 0 Å². The van der Waals surface area contributed by atoms with E-state index in [2.05, 4.69) is 20.2 Å². The van der Waals surface area contributed by atoms with Crippen molar-refractivity contribution in [2.75, 3.05) is 31.5 Å². The van der Waals surface area contributed by atoms with Crippen LogP contribution in [0, 0.1) is 0 Å². The summed E-state index contributed by atoms with van der Waals surface area (Å²) in [4.78, 5) is 11.3. The van der Waals surface area contributed by atoms with E-state index in [1.807, 2.05) is 27.7 Å². The predicted molar refractivity (Wildman–Crippen MR) is 99.9 cm³/mol. The summed E-state index contributed by atoms with van der Waals surface area (Å²) >= 11 is 0. The van der Waals surface area contributed by atoms with Gasteiger partial charge in [-0.1, -0.05) is 0 Å². The van der Waals surface area contributed by atoms with Crippen molar-refractivity contribution in [3.8, 4) is 0 Å². The van der Waals surface area contributed by atoms with Gasteiger partial charge in [0, 0.05) is 43.5 Å². The fourth-order valence-corrected chi connectivity index (χ4v) is 3.33. The van der Waals surface area contributed by atoms with Crippen molar-refractivity contribution in [1.82, 2.24) is 14.9 Å². The van der Waals surface area contributed by atoms with Gasteiger partial charge < -0.3 is 20.4 Å². The molecule has 0 spiro atoms. The minimum atomic E-state index is -0.422. The van der Waals surface area contributed by atoms with Gasteiger partial charge >= 0.3 is 7.12 Å². The van der Waals surface area contributed by atoms with E-state index >= 15 is 0 Å². The lowest BCUT2D eigenvalue weighted by Crippen LogP contribution is -2.41. The third-order valence-electron chi connectivity index (χ3n) is 5.61. The lowest BCUT2D eigenvalue weighted by atomic mass is 9.81. The zero-order valence-corrected chi connectivity index (χ0v) is 15.8. The van der Waals surface area contributed by atoms with E-state index in [4.69, 9.17) is 15.0 Å². The zero-order valence-electron chi connectivity index (χ0n) is 15.8. The molecule has 3 N–H and O–H groups in total. The number of likely N-dealkylation sites (tertiary alicyclic amines) is 1. The summed E-state index contributed by atoms with van der Waals surface area (Å²) in [6.07, 6.45) is 5.99. The maximum absolute atomic E-state index is 6.03. The van der Waals surface area contributed by atoms with E-state index in [1.54, 1.807) is 12.4 Å². The number of anilines is 1. The standard InChI is InChI=1S/C17H30BN5O2/c1-16(2)17(3,4)25-18(24-16)13-10-20-15(21-11-13)22-12-14-6-5-8-23(14)9-7-19/h10-11,14H,5-9,12,19H2,1-4H3,(H,20,21,22)/t14-/m0/s1. The summed E-state index contributed by atoms with van der Waals surface area (Å²) in [5, 5.41) is 3.34. The smallest absolute Gasteiger partial charge is 0.399 e. The van der Waals surface area contributed by atoms with Crippen LogP contribution >= 0.6 is 0 Å². The molecule has 2 aliphatic heterocycles. The number of nitrogens with one attached hydrogen (secondary N) is 1. The maximum atomic E-state index is 6.03. The van der Waals surface area contributed by atoms with E-state index in [0.717, 1.165) is 25.1 Å². The van der Waals surface area contributed by atoms with Crippen LogP contribution in [-0.2, 0) is 9.31 Å². The van der Waals surface area contributed by atoms with E-state index in [1.165, 1.54) is 12.8 Å². The highest BCUT2D eigenvalue weighted by Crippen LogP contribution is 2.36. The van der Waals surface area contributed by atoms with E-state index in [9.17, 15) is 0 Å². The number of hydrogen-bond donors (Lipinski definition) is 2. The van der Waals surface area contributed by atoms with Crippen LogP contribution in [0.1, 0.15) is 40.5 Å². The van der Waals surface area contributed by atoms with Crippen molar-refractivity contribution in [2.24, 2.45) is 5.73 Å². The quantitative estimate of drug-likeness (QED) is 0.730. The topological polar surface area (TPSA) is 85.5 Å². The van der Waals surface area contributed by atoms with Crippen LogP contribution in [0.25, 0.3) is 0 Å². The van der Waals surface area contributed by atoms with Gasteiger partial charge in [0.25, 0.3) is 0 Å². The summed E-state index contributed by atoms with van der Waals surface area (Å²) in [5.74, 6) is 0.639. The number of rotatable bonds is 6. The first-order chi connectivity index (χ1) is 11.8. The summed E-state index contributed by atoms with van der Waals surface area (Å²) in [6.45, 7) is 11.8. The molecular formula is C17H30BN5O2. The molecule has 3 heterocycles. The van der Waals surface area contributed by atoms with E-state index < -0.39 is 7.12 Å². The second-order valence-electron chi connectivity index (χ2n) is 7.93. The first-order valence-electron chi connectivity index (χ1n) is 9.18. The minimum Gasteiger partial charge on any atom is -0.399 e. The van der Waals surface area contributed by atoms with Crippen molar-refractivity contribution in [2.45, 2.75) is 57.8 Å². The molecule has 0 aliphatic carbocycles. The molecule has 0 bridgehead atoms. The molecule has 8 heteroatoms. The molecule has 0 unspecified atom stereocenters. The Morgan fingerprint density at radius 2 is 1.88 bits per heavy atom. The Balaban J connectivity index is 1.56. The third kappa shape index (κ3) is 3.97. The minimum absolute atomic E-state index is 0.358. The monoisotopic (exact) mass is 347 g/mol. The van der Waals surface area contributed by atoms with Gasteiger partial charge in [-0.25, -0.2) is 9.97 Å². The van der Waals surface area contributed by atoms with Crippen LogP contribution in [0.15, 0.2) is 12.4 Å². The van der Waals surface area contributed by atoms with Gasteiger partial charge in [0.05, 0.1) is 11.2 Å². The molecule has 0 aromatic carbocycles. The molecule has 1 atom stereocenters. The Morgan fingerprint density at radius 3 is 2.48 bits per heavy atom. The highest BCUT2D eigenvalue weighted by molar-refractivity contribution is 6.61. The zero-order chi connectivity index (χ0) is 18.1. The van der Waals surface area contributed by atoms with E-state index in [-0.39, 0.29) is 11.2 Å². The molecule has 2 aliphatic rings. The number of hydrogen-bond acceptors (Lipinski definition) is 7. The predicted octanol–water partition coefficient (Wildman–Crippen LogP) is 0.611. The highest BCUT2D eigenvalue weighted by Gasteiger charge is 2.51. The average molecular weight is 347 g/mol. The number of nitrogens with two attached hydrogens (primary N) is 1. The van der Waals surface area contributed by atoms with Crippen molar-refractivity contribution in [1.29, 1.82) is 0 Å². The molecule has 2 fully saturated rings. The van der Waals surface area contributed by atoms with Crippen molar-refractivity contribution in [3.63, 3.8) is 0 Å². The molecule has 138 valence electrons. The van der Waals surface area contributed by atoms with Crippen molar-refractivity contribution < 1.29 is 9.31 Å². The average Bonchev–Trinajstić information content (AvgIpc) is 3.08. The Morgan fingerprint density at radius 1 is 1.24 bits per heavy atom. The summed E-state index contributed by atoms with van der Waals surface area (Å²) in [6, 6.07) is 0.509. The van der Waals surface area contributed by atoms with Crippen molar-refractivity contribution >= 4 is 18.5 Å². The second-order valence-corrected chi connectivity index (χ2v) is 7.93. The van der Waals surface area contributed by atoms with Crippen LogP contribution < -0.4 is 16.5 Å². The first-order valence-corrected chi connectivity index (χ1v) is 9.18. The molecule has 1 aromatic heterocycles. The fraction of sp³-hybridized carbons (Fsp3) is 0.765. The molecule has 0 radical (unpaired) electrons. The lowest BCUT2D eigenvalue weighted by Gasteiger charge is -2.32. The third-order valence-corrected chi connectivity index (χ3v) is 5.61. The molecule has 7 nitrogen and oxygen atoms in total.